The zero-order valence-electron chi connectivity index (χ0n) is 10.1. The molecule has 1 aromatic heterocycles. The number of thiazole rings is 1. The van der Waals surface area contributed by atoms with Crippen LogP contribution >= 0.6 is 22.9 Å². The average Bonchev–Trinajstić information content (AvgIpc) is 2.72. The van der Waals surface area contributed by atoms with Gasteiger partial charge in [-0.05, 0) is 24.1 Å². The van der Waals surface area contributed by atoms with Gasteiger partial charge in [0.1, 0.15) is 0 Å². The van der Waals surface area contributed by atoms with E-state index >= 15 is 0 Å². The fourth-order valence-corrected chi connectivity index (χ4v) is 3.16. The third kappa shape index (κ3) is 3.10. The van der Waals surface area contributed by atoms with Crippen LogP contribution in [0.15, 0.2) is 24.3 Å². The normalized spacial score (nSPS) is 10.3. The summed E-state index contributed by atoms with van der Waals surface area (Å²) in [5, 5.41) is 10.6. The number of benzene rings is 1. The van der Waals surface area contributed by atoms with Crippen molar-refractivity contribution in [1.29, 1.82) is 5.26 Å². The second-order valence-electron chi connectivity index (χ2n) is 3.97. The molecule has 1 aromatic carbocycles. The van der Waals surface area contributed by atoms with Crippen molar-refractivity contribution in [2.24, 2.45) is 0 Å². The molecule has 18 heavy (non-hydrogen) atoms. The summed E-state index contributed by atoms with van der Waals surface area (Å²) < 4.78 is 0. The number of hydrogen-bond donors (Lipinski definition) is 0. The van der Waals surface area contributed by atoms with Crippen molar-refractivity contribution >= 4 is 22.9 Å². The monoisotopic (exact) mass is 276 g/mol. The lowest BCUT2D eigenvalue weighted by Crippen LogP contribution is -1.89. The van der Waals surface area contributed by atoms with Crippen molar-refractivity contribution in [3.05, 3.63) is 50.4 Å². The van der Waals surface area contributed by atoms with E-state index in [1.165, 1.54) is 0 Å². The van der Waals surface area contributed by atoms with Crippen LogP contribution in [0.3, 0.4) is 0 Å². The zero-order chi connectivity index (χ0) is 13.0. The van der Waals surface area contributed by atoms with Crippen LogP contribution < -0.4 is 0 Å². The summed E-state index contributed by atoms with van der Waals surface area (Å²) in [4.78, 5) is 5.69. The van der Waals surface area contributed by atoms with E-state index in [9.17, 15) is 0 Å². The molecule has 0 spiro atoms. The smallest absolute Gasteiger partial charge is 0.0975 e. The molecule has 0 fully saturated rings. The lowest BCUT2D eigenvalue weighted by atomic mass is 10.2. The van der Waals surface area contributed by atoms with Gasteiger partial charge in [-0.25, -0.2) is 4.98 Å². The number of aromatic nitrogens is 1. The number of nitrogens with zero attached hydrogens (tertiary/aromatic N) is 2. The highest BCUT2D eigenvalue weighted by Crippen LogP contribution is 2.23. The highest BCUT2D eigenvalue weighted by molar-refractivity contribution is 7.11. The van der Waals surface area contributed by atoms with E-state index in [1.54, 1.807) is 11.3 Å². The van der Waals surface area contributed by atoms with Gasteiger partial charge < -0.3 is 0 Å². The summed E-state index contributed by atoms with van der Waals surface area (Å²) in [5.74, 6) is 0. The quantitative estimate of drug-likeness (QED) is 0.846. The first-order valence-electron chi connectivity index (χ1n) is 5.81. The molecule has 0 unspecified atom stereocenters. The van der Waals surface area contributed by atoms with Crippen molar-refractivity contribution in [3.63, 3.8) is 0 Å². The number of hydrogen-bond acceptors (Lipinski definition) is 3. The summed E-state index contributed by atoms with van der Waals surface area (Å²) in [6.45, 7) is 2.07. The molecule has 0 aliphatic rings. The second-order valence-corrected chi connectivity index (χ2v) is 5.58. The molecule has 0 aliphatic carbocycles. The van der Waals surface area contributed by atoms with Crippen LogP contribution in [0, 0.1) is 11.3 Å². The number of halogens is 1. The van der Waals surface area contributed by atoms with Crippen LogP contribution in [-0.4, -0.2) is 4.98 Å². The Morgan fingerprint density at radius 1 is 1.44 bits per heavy atom. The maximum absolute atomic E-state index is 8.79. The van der Waals surface area contributed by atoms with Crippen molar-refractivity contribution in [2.45, 2.75) is 26.2 Å². The molecule has 0 aliphatic heterocycles. The van der Waals surface area contributed by atoms with Crippen LogP contribution in [-0.2, 0) is 19.3 Å². The van der Waals surface area contributed by atoms with Crippen molar-refractivity contribution < 1.29 is 0 Å². The van der Waals surface area contributed by atoms with Crippen molar-refractivity contribution in [2.75, 3.05) is 0 Å². The Morgan fingerprint density at radius 3 is 2.94 bits per heavy atom. The summed E-state index contributed by atoms with van der Waals surface area (Å²) in [7, 11) is 0. The van der Waals surface area contributed by atoms with Gasteiger partial charge in [0.25, 0.3) is 0 Å². The van der Waals surface area contributed by atoms with Gasteiger partial charge in [0, 0.05) is 16.3 Å². The summed E-state index contributed by atoms with van der Waals surface area (Å²) in [6.07, 6.45) is 2.11. The molecular formula is C14H13ClN2S. The van der Waals surface area contributed by atoms with Crippen molar-refractivity contribution in [1.82, 2.24) is 4.98 Å². The van der Waals surface area contributed by atoms with Crippen LogP contribution in [0.1, 0.15) is 28.1 Å². The fourth-order valence-electron chi connectivity index (χ4n) is 1.82. The van der Waals surface area contributed by atoms with Crippen LogP contribution in [0.4, 0.5) is 0 Å². The third-order valence-corrected chi connectivity index (χ3v) is 3.97. The van der Waals surface area contributed by atoms with E-state index in [-0.39, 0.29) is 0 Å². The Bertz CT molecular complexity index is 584. The Hall–Kier alpha value is -1.37. The highest BCUT2D eigenvalue weighted by Gasteiger charge is 2.10. The predicted octanol–water partition coefficient (Wildman–Crippen LogP) is 4.02. The van der Waals surface area contributed by atoms with Gasteiger partial charge in [0.15, 0.2) is 0 Å². The molecule has 2 aromatic rings. The first kappa shape index (κ1) is 13.1. The first-order valence-corrected chi connectivity index (χ1v) is 7.01. The minimum absolute atomic E-state index is 0.455. The molecule has 0 N–H and O–H groups in total. The number of nitriles is 1. The van der Waals surface area contributed by atoms with Crippen LogP contribution in [0.25, 0.3) is 0 Å². The zero-order valence-corrected chi connectivity index (χ0v) is 11.7. The van der Waals surface area contributed by atoms with Crippen LogP contribution in [0.2, 0.25) is 5.02 Å². The average molecular weight is 277 g/mol. The molecule has 0 atom stereocenters. The molecule has 92 valence electrons. The summed E-state index contributed by atoms with van der Waals surface area (Å²) >= 11 is 7.60. The van der Waals surface area contributed by atoms with E-state index < -0.39 is 0 Å². The van der Waals surface area contributed by atoms with Gasteiger partial charge in [-0.2, -0.15) is 5.26 Å². The highest BCUT2D eigenvalue weighted by atomic mass is 35.5. The maximum Gasteiger partial charge on any atom is 0.0975 e. The standard InChI is InChI=1S/C14H13ClN2S/c1-2-12-13(6-7-16)18-14(17-12)9-10-4-3-5-11(15)8-10/h3-5,8H,2,6,9H2,1H3. The van der Waals surface area contributed by atoms with E-state index in [1.807, 2.05) is 24.3 Å². The van der Waals surface area contributed by atoms with Gasteiger partial charge in [-0.3, -0.25) is 0 Å². The third-order valence-electron chi connectivity index (χ3n) is 2.64. The lowest BCUT2D eigenvalue weighted by molar-refractivity contribution is 0.996. The SMILES string of the molecule is CCc1nc(Cc2cccc(Cl)c2)sc1CC#N. The van der Waals surface area contributed by atoms with Gasteiger partial charge >= 0.3 is 0 Å². The molecule has 0 bridgehead atoms. The molecule has 2 nitrogen and oxygen atoms in total. The molecule has 2 rings (SSSR count). The molecule has 1 heterocycles. The van der Waals surface area contributed by atoms with Crippen LogP contribution in [0.5, 0.6) is 0 Å². The summed E-state index contributed by atoms with van der Waals surface area (Å²) in [5.41, 5.74) is 2.21. The summed E-state index contributed by atoms with van der Waals surface area (Å²) in [6, 6.07) is 10.0. The maximum atomic E-state index is 8.79. The van der Waals surface area contributed by atoms with E-state index in [4.69, 9.17) is 16.9 Å². The van der Waals surface area contributed by atoms with Gasteiger partial charge in [-0.1, -0.05) is 30.7 Å². The largest absolute Gasteiger partial charge is 0.246 e. The first-order chi connectivity index (χ1) is 8.72. The van der Waals surface area contributed by atoms with Gasteiger partial charge in [0.05, 0.1) is 23.2 Å². The molecule has 0 saturated carbocycles. The molecule has 0 saturated heterocycles. The van der Waals surface area contributed by atoms with E-state index in [0.29, 0.717) is 6.42 Å². The molecule has 4 heteroatoms. The number of rotatable bonds is 4. The Balaban J connectivity index is 2.22. The molecule has 0 radical (unpaired) electrons. The van der Waals surface area contributed by atoms with Crippen molar-refractivity contribution in [3.8, 4) is 6.07 Å². The Morgan fingerprint density at radius 2 is 2.28 bits per heavy atom. The van der Waals surface area contributed by atoms with Gasteiger partial charge in [-0.15, -0.1) is 11.3 Å². The number of aryl methyl sites for hydroxylation is 1. The minimum Gasteiger partial charge on any atom is -0.246 e. The van der Waals surface area contributed by atoms with E-state index in [0.717, 1.165) is 39.0 Å². The molecular weight excluding hydrogens is 264 g/mol. The second kappa shape index (κ2) is 5.99. The van der Waals surface area contributed by atoms with Gasteiger partial charge in [0.2, 0.25) is 0 Å². The lowest BCUT2D eigenvalue weighted by Gasteiger charge is -1.98. The topological polar surface area (TPSA) is 36.7 Å². The Labute approximate surface area is 116 Å². The molecule has 0 amide bonds. The minimum atomic E-state index is 0.455. The Kier molecular flexibility index (Phi) is 4.35. The fraction of sp³-hybridized carbons (Fsp3) is 0.286. The predicted molar refractivity (Wildman–Crippen MR) is 75.1 cm³/mol. The van der Waals surface area contributed by atoms with E-state index in [2.05, 4.69) is 18.0 Å².